The van der Waals surface area contributed by atoms with Crippen molar-refractivity contribution in [3.05, 3.63) is 36.0 Å². The molecule has 0 amide bonds. The lowest BCUT2D eigenvalue weighted by Crippen LogP contribution is -2.25. The van der Waals surface area contributed by atoms with Gasteiger partial charge in [-0.1, -0.05) is 31.1 Å². The van der Waals surface area contributed by atoms with E-state index >= 15 is 0 Å². The molecule has 0 bridgehead atoms. The zero-order valence-electron chi connectivity index (χ0n) is 10.5. The first-order valence-corrected chi connectivity index (χ1v) is 5.97. The molecule has 4 nitrogen and oxygen atoms in total. The lowest BCUT2D eigenvalue weighted by atomic mass is 10.2. The summed E-state index contributed by atoms with van der Waals surface area (Å²) >= 11 is 0. The molecule has 0 saturated carbocycles. The summed E-state index contributed by atoms with van der Waals surface area (Å²) in [5.41, 5.74) is 0.365. The number of benzene rings is 1. The molecule has 0 radical (unpaired) electrons. The van der Waals surface area contributed by atoms with Crippen molar-refractivity contribution in [1.29, 1.82) is 0 Å². The van der Waals surface area contributed by atoms with Crippen molar-refractivity contribution in [2.24, 2.45) is 0 Å². The number of hydrogen-bond acceptors (Lipinski definition) is 4. The maximum Gasteiger partial charge on any atom is 0.228 e. The van der Waals surface area contributed by atoms with Crippen LogP contribution in [-0.4, -0.2) is 22.7 Å². The van der Waals surface area contributed by atoms with Crippen LogP contribution in [0.2, 0.25) is 0 Å². The van der Waals surface area contributed by atoms with Gasteiger partial charge in [-0.3, -0.25) is 0 Å². The average Bonchev–Trinajstić information content (AvgIpc) is 2.78. The monoisotopic (exact) mass is 249 g/mol. The third kappa shape index (κ3) is 3.13. The zero-order valence-corrected chi connectivity index (χ0v) is 10.5. The van der Waals surface area contributed by atoms with E-state index in [1.54, 1.807) is 18.2 Å². The van der Waals surface area contributed by atoms with Gasteiger partial charge in [0.2, 0.25) is 11.7 Å². The van der Waals surface area contributed by atoms with E-state index in [1.165, 1.54) is 6.07 Å². The Hall–Kier alpha value is -1.75. The summed E-state index contributed by atoms with van der Waals surface area (Å²) in [6.07, 6.45) is 0.639. The Labute approximate surface area is 105 Å². The molecule has 0 atom stereocenters. The Morgan fingerprint density at radius 2 is 2.11 bits per heavy atom. The smallest absolute Gasteiger partial charge is 0.228 e. The van der Waals surface area contributed by atoms with Gasteiger partial charge in [0.1, 0.15) is 5.82 Å². The molecule has 2 rings (SSSR count). The minimum atomic E-state index is -0.342. The van der Waals surface area contributed by atoms with Gasteiger partial charge in [-0.2, -0.15) is 4.98 Å². The van der Waals surface area contributed by atoms with Crippen molar-refractivity contribution in [3.8, 4) is 11.4 Å². The molecule has 0 fully saturated rings. The van der Waals surface area contributed by atoms with Crippen LogP contribution in [0, 0.1) is 5.82 Å². The van der Waals surface area contributed by atoms with Gasteiger partial charge in [-0.05, 0) is 12.1 Å². The van der Waals surface area contributed by atoms with Crippen molar-refractivity contribution in [3.63, 3.8) is 0 Å². The van der Waals surface area contributed by atoms with Crippen LogP contribution in [0.5, 0.6) is 0 Å². The van der Waals surface area contributed by atoms with Crippen LogP contribution in [-0.2, 0) is 6.42 Å². The van der Waals surface area contributed by atoms with Gasteiger partial charge in [0, 0.05) is 19.0 Å². The Morgan fingerprint density at radius 3 is 2.83 bits per heavy atom. The molecule has 5 heteroatoms. The van der Waals surface area contributed by atoms with Crippen LogP contribution in [0.4, 0.5) is 4.39 Å². The summed E-state index contributed by atoms with van der Waals surface area (Å²) < 4.78 is 18.6. The Balaban J connectivity index is 2.04. The maximum absolute atomic E-state index is 13.5. The van der Waals surface area contributed by atoms with E-state index in [-0.39, 0.29) is 5.82 Å². The first-order valence-electron chi connectivity index (χ1n) is 5.97. The van der Waals surface area contributed by atoms with Crippen LogP contribution in [0.3, 0.4) is 0 Å². The number of hydrogen-bond donors (Lipinski definition) is 1. The molecule has 1 aromatic carbocycles. The first kappa shape index (κ1) is 12.7. The number of rotatable bonds is 5. The van der Waals surface area contributed by atoms with Gasteiger partial charge in [0.05, 0.1) is 5.56 Å². The zero-order chi connectivity index (χ0) is 13.0. The molecule has 96 valence electrons. The summed E-state index contributed by atoms with van der Waals surface area (Å²) in [6, 6.07) is 6.81. The van der Waals surface area contributed by atoms with Crippen molar-refractivity contribution >= 4 is 0 Å². The van der Waals surface area contributed by atoms with Gasteiger partial charge in [-0.25, -0.2) is 4.39 Å². The van der Waals surface area contributed by atoms with Crippen molar-refractivity contribution in [2.45, 2.75) is 26.3 Å². The molecular formula is C13H16FN3O. The van der Waals surface area contributed by atoms with Crippen LogP contribution in [0.15, 0.2) is 28.8 Å². The summed E-state index contributed by atoms with van der Waals surface area (Å²) in [6.45, 7) is 4.90. The predicted octanol–water partition coefficient (Wildman–Crippen LogP) is 2.42. The maximum atomic E-state index is 13.5. The minimum absolute atomic E-state index is 0.299. The predicted molar refractivity (Wildman–Crippen MR) is 66.5 cm³/mol. The van der Waals surface area contributed by atoms with E-state index in [1.807, 2.05) is 0 Å². The fourth-order valence-electron chi connectivity index (χ4n) is 1.58. The van der Waals surface area contributed by atoms with Crippen LogP contribution in [0.1, 0.15) is 19.7 Å². The van der Waals surface area contributed by atoms with E-state index < -0.39 is 0 Å². The second-order valence-corrected chi connectivity index (χ2v) is 4.35. The topological polar surface area (TPSA) is 51.0 Å². The first-order chi connectivity index (χ1) is 8.66. The van der Waals surface area contributed by atoms with Gasteiger partial charge < -0.3 is 9.84 Å². The fraction of sp³-hybridized carbons (Fsp3) is 0.385. The largest absolute Gasteiger partial charge is 0.339 e. The van der Waals surface area contributed by atoms with E-state index in [4.69, 9.17) is 4.52 Å². The highest BCUT2D eigenvalue weighted by Gasteiger charge is 2.11. The molecule has 0 aliphatic heterocycles. The Morgan fingerprint density at radius 1 is 1.33 bits per heavy atom. The molecule has 1 aromatic heterocycles. The van der Waals surface area contributed by atoms with E-state index in [2.05, 4.69) is 29.3 Å². The van der Waals surface area contributed by atoms with Gasteiger partial charge in [0.15, 0.2) is 0 Å². The Kier molecular flexibility index (Phi) is 4.04. The van der Waals surface area contributed by atoms with E-state index in [0.29, 0.717) is 29.7 Å². The van der Waals surface area contributed by atoms with Crippen LogP contribution < -0.4 is 5.32 Å². The van der Waals surface area contributed by atoms with Crippen molar-refractivity contribution in [2.75, 3.05) is 6.54 Å². The molecule has 0 saturated heterocycles. The molecule has 0 aliphatic carbocycles. The Bertz CT molecular complexity index is 510. The highest BCUT2D eigenvalue weighted by molar-refractivity contribution is 5.54. The molecule has 2 aromatic rings. The van der Waals surface area contributed by atoms with E-state index in [0.717, 1.165) is 6.54 Å². The lowest BCUT2D eigenvalue weighted by Gasteiger charge is -2.04. The van der Waals surface area contributed by atoms with Crippen molar-refractivity contribution < 1.29 is 8.91 Å². The quantitative estimate of drug-likeness (QED) is 0.884. The summed E-state index contributed by atoms with van der Waals surface area (Å²) in [7, 11) is 0. The number of nitrogens with one attached hydrogen (secondary N) is 1. The van der Waals surface area contributed by atoms with Crippen LogP contribution in [0.25, 0.3) is 11.4 Å². The third-order valence-electron chi connectivity index (χ3n) is 2.47. The van der Waals surface area contributed by atoms with Gasteiger partial charge >= 0.3 is 0 Å². The van der Waals surface area contributed by atoms with Crippen molar-refractivity contribution in [1.82, 2.24) is 15.5 Å². The molecule has 0 spiro atoms. The minimum Gasteiger partial charge on any atom is -0.339 e. The molecule has 18 heavy (non-hydrogen) atoms. The number of aromatic nitrogens is 2. The molecule has 0 aliphatic rings. The van der Waals surface area contributed by atoms with Crippen LogP contribution >= 0.6 is 0 Å². The molecule has 1 N–H and O–H groups in total. The summed E-state index contributed by atoms with van der Waals surface area (Å²) in [4.78, 5) is 4.18. The molecule has 0 unspecified atom stereocenters. The third-order valence-corrected chi connectivity index (χ3v) is 2.47. The lowest BCUT2D eigenvalue weighted by molar-refractivity contribution is 0.374. The molecular weight excluding hydrogens is 233 g/mol. The second kappa shape index (κ2) is 5.73. The van der Waals surface area contributed by atoms with E-state index in [9.17, 15) is 4.39 Å². The standard InChI is InChI=1S/C13H16FN3O/c1-9(2)15-8-7-12-16-13(17-18-12)10-5-3-4-6-11(10)14/h3-6,9,15H,7-8H2,1-2H3. The second-order valence-electron chi connectivity index (χ2n) is 4.35. The van der Waals surface area contributed by atoms with Gasteiger partial charge in [0.25, 0.3) is 0 Å². The number of nitrogens with zero attached hydrogens (tertiary/aromatic N) is 2. The summed E-state index contributed by atoms with van der Waals surface area (Å²) in [5, 5.41) is 7.04. The summed E-state index contributed by atoms with van der Waals surface area (Å²) in [5.74, 6) is 0.471. The highest BCUT2D eigenvalue weighted by atomic mass is 19.1. The fourth-order valence-corrected chi connectivity index (χ4v) is 1.58. The normalized spacial score (nSPS) is 11.1. The SMILES string of the molecule is CC(C)NCCc1nc(-c2ccccc2F)no1. The van der Waals surface area contributed by atoms with Gasteiger partial charge in [-0.15, -0.1) is 0 Å². The number of halogens is 1. The average molecular weight is 249 g/mol. The highest BCUT2D eigenvalue weighted by Crippen LogP contribution is 2.19. The molecule has 1 heterocycles.